The van der Waals surface area contributed by atoms with Crippen molar-refractivity contribution in [3.8, 4) is 0 Å². The van der Waals surface area contributed by atoms with Gasteiger partial charge in [-0.2, -0.15) is 0 Å². The number of carbonyl (C=O) groups is 1. The van der Waals surface area contributed by atoms with Gasteiger partial charge in [0.15, 0.2) is 5.78 Å². The molecule has 1 spiro atoms. The highest BCUT2D eigenvalue weighted by Crippen LogP contribution is 2.42. The number of likely N-dealkylation sites (N-methyl/N-ethyl adjacent to an activating group) is 1. The summed E-state index contributed by atoms with van der Waals surface area (Å²) in [5.41, 5.74) is 0.0615. The van der Waals surface area contributed by atoms with E-state index in [9.17, 15) is 4.79 Å². The highest BCUT2D eigenvalue weighted by atomic mass is 16.5. The molecular formula is C13H23NO2. The molecular weight excluding hydrogens is 202 g/mol. The first-order valence-corrected chi connectivity index (χ1v) is 6.52. The largest absolute Gasteiger partial charge is 0.375 e. The van der Waals surface area contributed by atoms with Crippen LogP contribution in [0.5, 0.6) is 0 Å². The van der Waals surface area contributed by atoms with Crippen molar-refractivity contribution in [2.75, 3.05) is 13.7 Å². The standard InChI is InChI=1S/C13H23NO2/c1-10(14-2)12(15)11-5-8-16-13(9-11)6-3-4-7-13/h10-11,14H,3-9H2,1-2H3. The van der Waals surface area contributed by atoms with Crippen molar-refractivity contribution in [1.29, 1.82) is 0 Å². The number of carbonyl (C=O) groups excluding carboxylic acids is 1. The summed E-state index contributed by atoms with van der Waals surface area (Å²) in [4.78, 5) is 12.2. The average molecular weight is 225 g/mol. The second kappa shape index (κ2) is 4.84. The van der Waals surface area contributed by atoms with Crippen molar-refractivity contribution in [3.05, 3.63) is 0 Å². The van der Waals surface area contributed by atoms with Crippen molar-refractivity contribution >= 4 is 5.78 Å². The van der Waals surface area contributed by atoms with Gasteiger partial charge in [-0.1, -0.05) is 12.8 Å². The molecule has 92 valence electrons. The first kappa shape index (κ1) is 12.1. The zero-order valence-electron chi connectivity index (χ0n) is 10.4. The van der Waals surface area contributed by atoms with Crippen molar-refractivity contribution in [3.63, 3.8) is 0 Å². The van der Waals surface area contributed by atoms with E-state index in [4.69, 9.17) is 4.74 Å². The maximum Gasteiger partial charge on any atom is 0.152 e. The van der Waals surface area contributed by atoms with E-state index in [-0.39, 0.29) is 17.6 Å². The summed E-state index contributed by atoms with van der Waals surface area (Å²) >= 11 is 0. The smallest absolute Gasteiger partial charge is 0.152 e. The zero-order valence-corrected chi connectivity index (χ0v) is 10.4. The molecule has 2 rings (SSSR count). The SMILES string of the molecule is CNC(C)C(=O)C1CCOC2(CCCC2)C1. The molecule has 3 heteroatoms. The van der Waals surface area contributed by atoms with Crippen LogP contribution in [0.3, 0.4) is 0 Å². The molecule has 2 aliphatic rings. The third-order valence-corrected chi connectivity index (χ3v) is 4.27. The van der Waals surface area contributed by atoms with E-state index < -0.39 is 0 Å². The van der Waals surface area contributed by atoms with Gasteiger partial charge in [0.25, 0.3) is 0 Å². The Morgan fingerprint density at radius 2 is 2.12 bits per heavy atom. The fraction of sp³-hybridized carbons (Fsp3) is 0.923. The van der Waals surface area contributed by atoms with E-state index in [1.807, 2.05) is 14.0 Å². The van der Waals surface area contributed by atoms with Gasteiger partial charge in [-0.25, -0.2) is 0 Å². The molecule has 2 fully saturated rings. The van der Waals surface area contributed by atoms with Crippen molar-refractivity contribution < 1.29 is 9.53 Å². The van der Waals surface area contributed by atoms with Crippen LogP contribution in [0.4, 0.5) is 0 Å². The van der Waals surface area contributed by atoms with Gasteiger partial charge in [0.05, 0.1) is 11.6 Å². The van der Waals surface area contributed by atoms with Crippen LogP contribution in [0.2, 0.25) is 0 Å². The lowest BCUT2D eigenvalue weighted by Gasteiger charge is -2.38. The lowest BCUT2D eigenvalue weighted by molar-refractivity contribution is -0.137. The molecule has 1 aliphatic carbocycles. The molecule has 1 aliphatic heterocycles. The van der Waals surface area contributed by atoms with E-state index in [0.29, 0.717) is 5.78 Å². The number of rotatable bonds is 3. The molecule has 2 atom stereocenters. The van der Waals surface area contributed by atoms with Gasteiger partial charge < -0.3 is 10.1 Å². The third kappa shape index (κ3) is 2.30. The summed E-state index contributed by atoms with van der Waals surface area (Å²) < 4.78 is 5.95. The monoisotopic (exact) mass is 225 g/mol. The van der Waals surface area contributed by atoms with Gasteiger partial charge in [0.2, 0.25) is 0 Å². The first-order chi connectivity index (χ1) is 7.67. The lowest BCUT2D eigenvalue weighted by atomic mass is 9.81. The Bertz CT molecular complexity index is 259. The molecule has 1 saturated heterocycles. The Kier molecular flexibility index (Phi) is 3.65. The zero-order chi connectivity index (χ0) is 11.6. The van der Waals surface area contributed by atoms with Gasteiger partial charge in [-0.3, -0.25) is 4.79 Å². The van der Waals surface area contributed by atoms with E-state index >= 15 is 0 Å². The maximum atomic E-state index is 12.2. The number of ether oxygens (including phenoxy) is 1. The van der Waals surface area contributed by atoms with E-state index in [1.54, 1.807) is 0 Å². The summed E-state index contributed by atoms with van der Waals surface area (Å²) in [6.45, 7) is 2.73. The van der Waals surface area contributed by atoms with Crippen LogP contribution in [0, 0.1) is 5.92 Å². The number of hydrogen-bond donors (Lipinski definition) is 1. The minimum atomic E-state index is -0.0125. The topological polar surface area (TPSA) is 38.3 Å². The van der Waals surface area contributed by atoms with Crippen molar-refractivity contribution in [2.45, 2.75) is 57.1 Å². The molecule has 0 amide bonds. The number of Topliss-reactive ketones (excluding diaryl/α,β-unsaturated/α-hetero) is 1. The number of ketones is 1. The highest BCUT2D eigenvalue weighted by Gasteiger charge is 2.42. The molecule has 0 aromatic rings. The molecule has 16 heavy (non-hydrogen) atoms. The van der Waals surface area contributed by atoms with Gasteiger partial charge in [-0.05, 0) is 39.7 Å². The predicted molar refractivity (Wildman–Crippen MR) is 63.4 cm³/mol. The van der Waals surface area contributed by atoms with Crippen LogP contribution < -0.4 is 5.32 Å². The molecule has 1 saturated carbocycles. The molecule has 3 nitrogen and oxygen atoms in total. The molecule has 0 bridgehead atoms. The predicted octanol–water partition coefficient (Wildman–Crippen LogP) is 1.90. The number of hydrogen-bond acceptors (Lipinski definition) is 3. The fourth-order valence-electron chi connectivity index (χ4n) is 3.13. The van der Waals surface area contributed by atoms with Crippen LogP contribution in [-0.2, 0) is 9.53 Å². The minimum absolute atomic E-state index is 0.0125. The van der Waals surface area contributed by atoms with Gasteiger partial charge in [-0.15, -0.1) is 0 Å². The Labute approximate surface area is 97.9 Å². The Balaban J connectivity index is 1.98. The average Bonchev–Trinajstić information content (AvgIpc) is 2.75. The van der Waals surface area contributed by atoms with Gasteiger partial charge in [0, 0.05) is 12.5 Å². The van der Waals surface area contributed by atoms with Gasteiger partial charge in [0.1, 0.15) is 0 Å². The first-order valence-electron chi connectivity index (χ1n) is 6.52. The fourth-order valence-corrected chi connectivity index (χ4v) is 3.13. The molecule has 0 aromatic heterocycles. The second-order valence-electron chi connectivity index (χ2n) is 5.34. The van der Waals surface area contributed by atoms with Crippen LogP contribution in [-0.4, -0.2) is 31.1 Å². The summed E-state index contributed by atoms with van der Waals surface area (Å²) in [5, 5.41) is 3.05. The Morgan fingerprint density at radius 1 is 1.44 bits per heavy atom. The van der Waals surface area contributed by atoms with Crippen molar-refractivity contribution in [1.82, 2.24) is 5.32 Å². The minimum Gasteiger partial charge on any atom is -0.375 e. The maximum absolute atomic E-state index is 12.2. The summed E-state index contributed by atoms with van der Waals surface area (Å²) in [5.74, 6) is 0.589. The quantitative estimate of drug-likeness (QED) is 0.797. The molecule has 2 unspecified atom stereocenters. The normalized spacial score (nSPS) is 30.5. The number of nitrogens with one attached hydrogen (secondary N) is 1. The Morgan fingerprint density at radius 3 is 2.75 bits per heavy atom. The van der Waals surface area contributed by atoms with E-state index in [2.05, 4.69) is 5.32 Å². The third-order valence-electron chi connectivity index (χ3n) is 4.27. The van der Waals surface area contributed by atoms with Crippen LogP contribution in [0.25, 0.3) is 0 Å². The molecule has 0 aromatic carbocycles. The van der Waals surface area contributed by atoms with E-state index in [0.717, 1.165) is 32.3 Å². The van der Waals surface area contributed by atoms with Crippen LogP contribution >= 0.6 is 0 Å². The van der Waals surface area contributed by atoms with Crippen LogP contribution in [0.15, 0.2) is 0 Å². The second-order valence-corrected chi connectivity index (χ2v) is 5.34. The molecule has 1 heterocycles. The molecule has 0 radical (unpaired) electrons. The van der Waals surface area contributed by atoms with Crippen LogP contribution in [0.1, 0.15) is 45.4 Å². The van der Waals surface area contributed by atoms with Crippen molar-refractivity contribution in [2.24, 2.45) is 5.92 Å². The van der Waals surface area contributed by atoms with Gasteiger partial charge >= 0.3 is 0 Å². The lowest BCUT2D eigenvalue weighted by Crippen LogP contribution is -2.44. The Hall–Kier alpha value is -0.410. The summed E-state index contributed by atoms with van der Waals surface area (Å²) in [7, 11) is 1.85. The summed E-state index contributed by atoms with van der Waals surface area (Å²) in [6, 6.07) is -0.0125. The highest BCUT2D eigenvalue weighted by molar-refractivity contribution is 5.86. The van der Waals surface area contributed by atoms with E-state index in [1.165, 1.54) is 12.8 Å². The molecule has 1 N–H and O–H groups in total. The summed E-state index contributed by atoms with van der Waals surface area (Å²) in [6.07, 6.45) is 6.71.